The molecule has 0 aliphatic carbocycles. The van der Waals surface area contributed by atoms with Gasteiger partial charge in [-0.3, -0.25) is 10.2 Å². The minimum absolute atomic E-state index is 0.0374. The maximum atomic E-state index is 11.5. The van der Waals surface area contributed by atoms with E-state index in [-0.39, 0.29) is 5.84 Å². The molecule has 0 saturated heterocycles. The standard InChI is InChI=1S/C18H18N6O/c19-17(20)11-5-7-12(8-6-11)22-10-16-23-9-15(24-16)13-3-1-2-4-14(13)18(21)25/h1-9,22H,10H2,(H3,19,20)(H2,21,25)(H,23,24). The summed E-state index contributed by atoms with van der Waals surface area (Å²) in [6.45, 7) is 0.484. The van der Waals surface area contributed by atoms with Crippen LogP contribution in [-0.4, -0.2) is 21.7 Å². The molecule has 0 fully saturated rings. The van der Waals surface area contributed by atoms with Gasteiger partial charge < -0.3 is 21.8 Å². The molecule has 1 aromatic heterocycles. The van der Waals surface area contributed by atoms with E-state index in [0.717, 1.165) is 22.8 Å². The van der Waals surface area contributed by atoms with Crippen LogP contribution in [0, 0.1) is 5.41 Å². The van der Waals surface area contributed by atoms with Crippen LogP contribution in [0.2, 0.25) is 0 Å². The lowest BCUT2D eigenvalue weighted by Crippen LogP contribution is -2.12. The molecular weight excluding hydrogens is 316 g/mol. The van der Waals surface area contributed by atoms with Crippen LogP contribution >= 0.6 is 0 Å². The maximum absolute atomic E-state index is 11.5. The Morgan fingerprint density at radius 1 is 1.12 bits per heavy atom. The molecule has 7 heteroatoms. The third kappa shape index (κ3) is 3.66. The number of hydrogen-bond donors (Lipinski definition) is 5. The first-order valence-corrected chi connectivity index (χ1v) is 7.66. The Bertz CT molecular complexity index is 913. The van der Waals surface area contributed by atoms with Crippen molar-refractivity contribution in [2.75, 3.05) is 5.32 Å². The summed E-state index contributed by atoms with van der Waals surface area (Å²) in [5.74, 6) is 0.288. The van der Waals surface area contributed by atoms with Crippen molar-refractivity contribution in [3.63, 3.8) is 0 Å². The highest BCUT2D eigenvalue weighted by Crippen LogP contribution is 2.21. The Labute approximate surface area is 144 Å². The molecule has 1 heterocycles. The van der Waals surface area contributed by atoms with Crippen molar-refractivity contribution in [2.45, 2.75) is 6.54 Å². The number of primary amides is 1. The highest BCUT2D eigenvalue weighted by molar-refractivity contribution is 5.99. The van der Waals surface area contributed by atoms with Gasteiger partial charge in [-0.1, -0.05) is 18.2 Å². The van der Waals surface area contributed by atoms with Crippen LogP contribution in [-0.2, 0) is 6.54 Å². The van der Waals surface area contributed by atoms with E-state index < -0.39 is 5.91 Å². The number of carbonyl (C=O) groups excluding carboxylic acids is 1. The van der Waals surface area contributed by atoms with Gasteiger partial charge in [0.25, 0.3) is 0 Å². The van der Waals surface area contributed by atoms with Crippen LogP contribution < -0.4 is 16.8 Å². The predicted octanol–water partition coefficient (Wildman–Crippen LogP) is 2.07. The summed E-state index contributed by atoms with van der Waals surface area (Å²) in [6.07, 6.45) is 1.68. The van der Waals surface area contributed by atoms with Crippen LogP contribution in [0.25, 0.3) is 11.3 Å². The largest absolute Gasteiger partial charge is 0.384 e. The summed E-state index contributed by atoms with van der Waals surface area (Å²) in [5, 5.41) is 10.6. The molecule has 7 nitrogen and oxygen atoms in total. The minimum Gasteiger partial charge on any atom is -0.384 e. The molecule has 0 aliphatic heterocycles. The molecule has 1 amide bonds. The number of nitrogens with two attached hydrogens (primary N) is 2. The second kappa shape index (κ2) is 6.88. The summed E-state index contributed by atoms with van der Waals surface area (Å²) in [5.41, 5.74) is 14.3. The molecule has 3 aromatic rings. The van der Waals surface area contributed by atoms with Crippen molar-refractivity contribution >= 4 is 17.4 Å². The average Bonchev–Trinajstić information content (AvgIpc) is 3.09. The third-order valence-corrected chi connectivity index (χ3v) is 3.77. The van der Waals surface area contributed by atoms with Crippen LogP contribution in [0.4, 0.5) is 5.69 Å². The second-order valence-corrected chi connectivity index (χ2v) is 5.50. The smallest absolute Gasteiger partial charge is 0.249 e. The summed E-state index contributed by atoms with van der Waals surface area (Å²) >= 11 is 0. The van der Waals surface area contributed by atoms with E-state index in [1.54, 1.807) is 30.5 Å². The number of anilines is 1. The van der Waals surface area contributed by atoms with Crippen molar-refractivity contribution < 1.29 is 4.79 Å². The summed E-state index contributed by atoms with van der Waals surface area (Å²) in [7, 11) is 0. The van der Waals surface area contributed by atoms with E-state index >= 15 is 0 Å². The van der Waals surface area contributed by atoms with E-state index in [1.807, 2.05) is 24.3 Å². The minimum atomic E-state index is -0.476. The molecule has 0 spiro atoms. The number of hydrogen-bond acceptors (Lipinski definition) is 4. The monoisotopic (exact) mass is 334 g/mol. The molecule has 0 saturated carbocycles. The Balaban J connectivity index is 1.72. The predicted molar refractivity (Wildman–Crippen MR) is 97.3 cm³/mol. The molecule has 0 atom stereocenters. The number of amidine groups is 1. The highest BCUT2D eigenvalue weighted by Gasteiger charge is 2.11. The molecule has 3 rings (SSSR count). The number of rotatable bonds is 6. The third-order valence-electron chi connectivity index (χ3n) is 3.77. The Morgan fingerprint density at radius 2 is 1.84 bits per heavy atom. The quantitative estimate of drug-likeness (QED) is 0.348. The zero-order valence-corrected chi connectivity index (χ0v) is 13.4. The molecule has 7 N–H and O–H groups in total. The van der Waals surface area contributed by atoms with Gasteiger partial charge in [-0.05, 0) is 30.3 Å². The number of amides is 1. The Morgan fingerprint density at radius 3 is 2.52 bits per heavy atom. The zero-order chi connectivity index (χ0) is 17.8. The molecular formula is C18H18N6O. The normalized spacial score (nSPS) is 10.4. The zero-order valence-electron chi connectivity index (χ0n) is 13.4. The molecule has 0 bridgehead atoms. The van der Waals surface area contributed by atoms with Crippen LogP contribution in [0.5, 0.6) is 0 Å². The molecule has 25 heavy (non-hydrogen) atoms. The van der Waals surface area contributed by atoms with Gasteiger partial charge in [-0.15, -0.1) is 0 Å². The number of nitrogens with zero attached hydrogens (tertiary/aromatic N) is 1. The van der Waals surface area contributed by atoms with Crippen LogP contribution in [0.15, 0.2) is 54.7 Å². The SMILES string of the molecule is N=C(N)c1ccc(NCc2ncc(-c3ccccc3C(N)=O)[nH]2)cc1. The molecule has 2 aromatic carbocycles. The van der Waals surface area contributed by atoms with Gasteiger partial charge >= 0.3 is 0 Å². The highest BCUT2D eigenvalue weighted by atomic mass is 16.1. The molecule has 0 aliphatic rings. The number of aromatic amines is 1. The van der Waals surface area contributed by atoms with Gasteiger partial charge in [0.1, 0.15) is 11.7 Å². The van der Waals surface area contributed by atoms with Gasteiger partial charge in [0, 0.05) is 22.4 Å². The number of H-pyrrole nitrogens is 1. The Hall–Kier alpha value is -3.61. The summed E-state index contributed by atoms with van der Waals surface area (Å²) in [4.78, 5) is 19.1. The van der Waals surface area contributed by atoms with E-state index in [9.17, 15) is 4.79 Å². The molecule has 0 radical (unpaired) electrons. The van der Waals surface area contributed by atoms with Gasteiger partial charge in [0.15, 0.2) is 0 Å². The van der Waals surface area contributed by atoms with Crippen molar-refractivity contribution in [3.8, 4) is 11.3 Å². The van der Waals surface area contributed by atoms with Gasteiger partial charge in [0.05, 0.1) is 18.4 Å². The average molecular weight is 334 g/mol. The van der Waals surface area contributed by atoms with Crippen LogP contribution in [0.3, 0.4) is 0 Å². The first-order chi connectivity index (χ1) is 12.0. The van der Waals surface area contributed by atoms with E-state index in [1.165, 1.54) is 0 Å². The number of nitrogen functional groups attached to an aromatic ring is 1. The fourth-order valence-electron chi connectivity index (χ4n) is 2.48. The van der Waals surface area contributed by atoms with Crippen molar-refractivity contribution in [1.82, 2.24) is 9.97 Å². The van der Waals surface area contributed by atoms with Crippen LogP contribution in [0.1, 0.15) is 21.7 Å². The van der Waals surface area contributed by atoms with Gasteiger partial charge in [0.2, 0.25) is 5.91 Å². The fourth-order valence-corrected chi connectivity index (χ4v) is 2.48. The lowest BCUT2D eigenvalue weighted by atomic mass is 10.1. The number of aromatic nitrogens is 2. The number of imidazole rings is 1. The topological polar surface area (TPSA) is 134 Å². The van der Waals surface area contributed by atoms with Gasteiger partial charge in [-0.2, -0.15) is 0 Å². The van der Waals surface area contributed by atoms with E-state index in [2.05, 4.69) is 15.3 Å². The number of nitrogens with one attached hydrogen (secondary N) is 3. The second-order valence-electron chi connectivity index (χ2n) is 5.50. The van der Waals surface area contributed by atoms with Crippen molar-refractivity contribution in [3.05, 3.63) is 71.7 Å². The Kier molecular flexibility index (Phi) is 4.47. The number of benzene rings is 2. The molecule has 0 unspecified atom stereocenters. The summed E-state index contributed by atoms with van der Waals surface area (Å²) < 4.78 is 0. The van der Waals surface area contributed by atoms with Crippen molar-refractivity contribution in [2.24, 2.45) is 11.5 Å². The molecule has 126 valence electrons. The maximum Gasteiger partial charge on any atom is 0.249 e. The fraction of sp³-hybridized carbons (Fsp3) is 0.0556. The first kappa shape index (κ1) is 16.3. The lowest BCUT2D eigenvalue weighted by Gasteiger charge is -2.06. The summed E-state index contributed by atoms with van der Waals surface area (Å²) in [6, 6.07) is 14.4. The van der Waals surface area contributed by atoms with E-state index in [0.29, 0.717) is 17.7 Å². The van der Waals surface area contributed by atoms with Gasteiger partial charge in [-0.25, -0.2) is 4.98 Å². The first-order valence-electron chi connectivity index (χ1n) is 7.66. The lowest BCUT2D eigenvalue weighted by molar-refractivity contribution is 0.100. The van der Waals surface area contributed by atoms with Crippen molar-refractivity contribution in [1.29, 1.82) is 5.41 Å². The van der Waals surface area contributed by atoms with E-state index in [4.69, 9.17) is 16.9 Å². The number of carbonyl (C=O) groups is 1.